The molecule has 1 amide bonds. The van der Waals surface area contributed by atoms with Crippen LogP contribution in [0.5, 0.6) is 11.5 Å². The van der Waals surface area contributed by atoms with Gasteiger partial charge in [0.2, 0.25) is 0 Å². The van der Waals surface area contributed by atoms with Gasteiger partial charge < -0.3 is 19.5 Å². The number of amides is 1. The van der Waals surface area contributed by atoms with Gasteiger partial charge in [-0.2, -0.15) is 0 Å². The Morgan fingerprint density at radius 1 is 1.07 bits per heavy atom. The smallest absolute Gasteiger partial charge is 0.338 e. The molecule has 156 valence electrons. The number of anilines is 1. The van der Waals surface area contributed by atoms with E-state index in [2.05, 4.69) is 12.2 Å². The molecule has 0 aromatic heterocycles. The normalized spacial score (nSPS) is 10.3. The molecule has 0 spiro atoms. The van der Waals surface area contributed by atoms with E-state index in [4.69, 9.17) is 25.8 Å². The molecule has 0 atom stereocenters. The topological polar surface area (TPSA) is 73.9 Å². The van der Waals surface area contributed by atoms with Crippen LogP contribution in [0.3, 0.4) is 0 Å². The highest BCUT2D eigenvalue weighted by molar-refractivity contribution is 6.31. The molecule has 0 aliphatic carbocycles. The quantitative estimate of drug-likeness (QED) is 0.432. The largest absolute Gasteiger partial charge is 0.490 e. The Kier molecular flexibility index (Phi) is 8.80. The number of benzene rings is 2. The van der Waals surface area contributed by atoms with Crippen molar-refractivity contribution in [1.29, 1.82) is 0 Å². The SMILES string of the molecule is CCCCOc1ccc(C(=O)OCC(=O)Nc2cccc(Cl)c2C)cc1OCC. The summed E-state index contributed by atoms with van der Waals surface area (Å²) in [5.41, 5.74) is 1.60. The van der Waals surface area contributed by atoms with Crippen molar-refractivity contribution in [1.82, 2.24) is 0 Å². The van der Waals surface area contributed by atoms with Crippen molar-refractivity contribution in [3.05, 3.63) is 52.5 Å². The van der Waals surface area contributed by atoms with Gasteiger partial charge in [-0.3, -0.25) is 4.79 Å². The van der Waals surface area contributed by atoms with Crippen LogP contribution in [0.1, 0.15) is 42.6 Å². The molecule has 2 aromatic rings. The number of carbonyl (C=O) groups is 2. The minimum absolute atomic E-state index is 0.281. The van der Waals surface area contributed by atoms with E-state index in [1.165, 1.54) is 0 Å². The number of halogens is 1. The third-order valence-corrected chi connectivity index (χ3v) is 4.52. The fourth-order valence-electron chi connectivity index (χ4n) is 2.49. The maximum atomic E-state index is 12.3. The lowest BCUT2D eigenvalue weighted by Gasteiger charge is -2.13. The molecule has 0 radical (unpaired) electrons. The lowest BCUT2D eigenvalue weighted by molar-refractivity contribution is -0.119. The zero-order valence-electron chi connectivity index (χ0n) is 16.9. The highest BCUT2D eigenvalue weighted by Gasteiger charge is 2.15. The lowest BCUT2D eigenvalue weighted by atomic mass is 10.2. The first-order chi connectivity index (χ1) is 14.0. The Morgan fingerprint density at radius 3 is 2.59 bits per heavy atom. The molecule has 0 aliphatic heterocycles. The summed E-state index contributed by atoms with van der Waals surface area (Å²) in [6.45, 7) is 6.32. The minimum Gasteiger partial charge on any atom is -0.490 e. The molecule has 0 unspecified atom stereocenters. The van der Waals surface area contributed by atoms with Crippen molar-refractivity contribution in [3.63, 3.8) is 0 Å². The van der Waals surface area contributed by atoms with Crippen LogP contribution < -0.4 is 14.8 Å². The van der Waals surface area contributed by atoms with Crippen molar-refractivity contribution >= 4 is 29.2 Å². The van der Waals surface area contributed by atoms with Gasteiger partial charge in [-0.25, -0.2) is 4.79 Å². The summed E-state index contributed by atoms with van der Waals surface area (Å²) in [5.74, 6) is -0.0274. The molecule has 0 saturated carbocycles. The first-order valence-corrected chi connectivity index (χ1v) is 9.95. The average Bonchev–Trinajstić information content (AvgIpc) is 2.71. The molecule has 0 heterocycles. The molecule has 0 fully saturated rings. The molecule has 7 heteroatoms. The van der Waals surface area contributed by atoms with E-state index >= 15 is 0 Å². The van der Waals surface area contributed by atoms with Crippen molar-refractivity contribution in [3.8, 4) is 11.5 Å². The van der Waals surface area contributed by atoms with Crippen molar-refractivity contribution in [2.24, 2.45) is 0 Å². The second kappa shape index (κ2) is 11.3. The van der Waals surface area contributed by atoms with Crippen LogP contribution in [-0.4, -0.2) is 31.7 Å². The van der Waals surface area contributed by atoms with E-state index in [1.54, 1.807) is 43.3 Å². The molecule has 2 aromatic carbocycles. The molecule has 1 N–H and O–H groups in total. The summed E-state index contributed by atoms with van der Waals surface area (Å²) in [4.78, 5) is 24.4. The summed E-state index contributed by atoms with van der Waals surface area (Å²) in [7, 11) is 0. The van der Waals surface area contributed by atoms with Crippen LogP contribution >= 0.6 is 11.6 Å². The Labute approximate surface area is 176 Å². The molecule has 0 aliphatic rings. The van der Waals surface area contributed by atoms with Gasteiger partial charge in [0.1, 0.15) is 0 Å². The lowest BCUT2D eigenvalue weighted by Crippen LogP contribution is -2.21. The summed E-state index contributed by atoms with van der Waals surface area (Å²) >= 11 is 6.04. The molecular weight excluding hydrogens is 394 g/mol. The van der Waals surface area contributed by atoms with Crippen LogP contribution in [0.15, 0.2) is 36.4 Å². The standard InChI is InChI=1S/C22H26ClNO5/c1-4-6-12-28-19-11-10-16(13-20(19)27-5-2)22(26)29-14-21(25)24-18-9-7-8-17(23)15(18)3/h7-11,13H,4-6,12,14H2,1-3H3,(H,24,25). The summed E-state index contributed by atoms with van der Waals surface area (Å²) in [6, 6.07) is 10.0. The van der Waals surface area contributed by atoms with Gasteiger partial charge in [0, 0.05) is 10.7 Å². The summed E-state index contributed by atoms with van der Waals surface area (Å²) in [6.07, 6.45) is 1.95. The van der Waals surface area contributed by atoms with Gasteiger partial charge in [-0.15, -0.1) is 0 Å². The fourth-order valence-corrected chi connectivity index (χ4v) is 2.67. The number of hydrogen-bond acceptors (Lipinski definition) is 5. The van der Waals surface area contributed by atoms with Crippen molar-refractivity contribution in [2.75, 3.05) is 25.1 Å². The Balaban J connectivity index is 1.97. The maximum Gasteiger partial charge on any atom is 0.338 e. The van der Waals surface area contributed by atoms with Gasteiger partial charge in [0.25, 0.3) is 5.91 Å². The molecule has 2 rings (SSSR count). The van der Waals surface area contributed by atoms with Gasteiger partial charge in [0.05, 0.1) is 18.8 Å². The number of ether oxygens (including phenoxy) is 3. The van der Waals surface area contributed by atoms with Crippen LogP contribution in [0.25, 0.3) is 0 Å². The van der Waals surface area contributed by atoms with E-state index in [0.29, 0.717) is 35.4 Å². The zero-order chi connectivity index (χ0) is 21.2. The van der Waals surface area contributed by atoms with E-state index in [1.807, 2.05) is 6.92 Å². The first kappa shape index (κ1) is 22.6. The second-order valence-corrected chi connectivity index (χ2v) is 6.74. The molecular formula is C22H26ClNO5. The second-order valence-electron chi connectivity index (χ2n) is 6.33. The van der Waals surface area contributed by atoms with E-state index in [-0.39, 0.29) is 5.56 Å². The van der Waals surface area contributed by atoms with Gasteiger partial charge >= 0.3 is 5.97 Å². The summed E-state index contributed by atoms with van der Waals surface area (Å²) < 4.78 is 16.4. The van der Waals surface area contributed by atoms with Crippen LogP contribution in [0.4, 0.5) is 5.69 Å². The zero-order valence-corrected chi connectivity index (χ0v) is 17.7. The third-order valence-electron chi connectivity index (χ3n) is 4.11. The van der Waals surface area contributed by atoms with E-state index in [9.17, 15) is 9.59 Å². The monoisotopic (exact) mass is 419 g/mol. The highest BCUT2D eigenvalue weighted by atomic mass is 35.5. The average molecular weight is 420 g/mol. The number of unbranched alkanes of at least 4 members (excludes halogenated alkanes) is 1. The number of rotatable bonds is 10. The Hall–Kier alpha value is -2.73. The first-order valence-electron chi connectivity index (χ1n) is 9.58. The minimum atomic E-state index is -0.621. The fraction of sp³-hybridized carbons (Fsp3) is 0.364. The number of carbonyl (C=O) groups excluding carboxylic acids is 2. The van der Waals surface area contributed by atoms with Crippen LogP contribution in [0.2, 0.25) is 5.02 Å². The maximum absolute atomic E-state index is 12.3. The predicted octanol–water partition coefficient (Wildman–Crippen LogP) is 5.02. The Morgan fingerprint density at radius 2 is 1.86 bits per heavy atom. The highest BCUT2D eigenvalue weighted by Crippen LogP contribution is 2.29. The van der Waals surface area contributed by atoms with Crippen molar-refractivity contribution < 1.29 is 23.8 Å². The molecule has 0 bridgehead atoms. The van der Waals surface area contributed by atoms with Gasteiger partial charge in [-0.05, 0) is 56.2 Å². The van der Waals surface area contributed by atoms with Crippen LogP contribution in [-0.2, 0) is 9.53 Å². The molecule has 29 heavy (non-hydrogen) atoms. The molecule has 0 saturated heterocycles. The van der Waals surface area contributed by atoms with Gasteiger partial charge in [0.15, 0.2) is 18.1 Å². The molecule has 6 nitrogen and oxygen atoms in total. The van der Waals surface area contributed by atoms with E-state index in [0.717, 1.165) is 18.4 Å². The van der Waals surface area contributed by atoms with Crippen LogP contribution in [0, 0.1) is 6.92 Å². The van der Waals surface area contributed by atoms with E-state index < -0.39 is 18.5 Å². The number of hydrogen-bond donors (Lipinski definition) is 1. The number of nitrogens with one attached hydrogen (secondary N) is 1. The summed E-state index contributed by atoms with van der Waals surface area (Å²) in [5, 5.41) is 3.23. The Bertz CT molecular complexity index is 853. The predicted molar refractivity (Wildman–Crippen MR) is 113 cm³/mol. The third kappa shape index (κ3) is 6.68. The van der Waals surface area contributed by atoms with Crippen molar-refractivity contribution in [2.45, 2.75) is 33.6 Å². The van der Waals surface area contributed by atoms with Gasteiger partial charge in [-0.1, -0.05) is 31.0 Å². The number of esters is 1.